The van der Waals surface area contributed by atoms with E-state index >= 15 is 4.39 Å². The first kappa shape index (κ1) is 27.3. The molecule has 0 saturated carbocycles. The van der Waals surface area contributed by atoms with Gasteiger partial charge in [-0.1, -0.05) is 0 Å². The normalized spacial score (nSPS) is 30.4. The van der Waals surface area contributed by atoms with Crippen molar-refractivity contribution in [3.63, 3.8) is 0 Å². The Hall–Kier alpha value is -2.93. The Bertz CT molecular complexity index is 1690. The van der Waals surface area contributed by atoms with Crippen molar-refractivity contribution in [3.8, 4) is 0 Å². The highest BCUT2D eigenvalue weighted by Crippen LogP contribution is 2.53. The molecule has 2 aliphatic rings. The molecule has 0 aliphatic carbocycles. The molecule has 4 aromatic rings. The number of rotatable bonds is 8. The Morgan fingerprint density at radius 2 is 2.05 bits per heavy atom. The topological polar surface area (TPSA) is 207 Å². The number of halogens is 1. The van der Waals surface area contributed by atoms with E-state index in [4.69, 9.17) is 36.1 Å². The summed E-state index contributed by atoms with van der Waals surface area (Å²) in [5, 5.41) is 20.5. The van der Waals surface area contributed by atoms with Crippen LogP contribution in [0.25, 0.3) is 16.9 Å². The van der Waals surface area contributed by atoms with Gasteiger partial charge in [0.05, 0.1) is 32.3 Å². The van der Waals surface area contributed by atoms with Gasteiger partial charge in [-0.15, -0.1) is 0 Å². The molecule has 0 aromatic carbocycles. The van der Waals surface area contributed by atoms with Crippen LogP contribution in [0.4, 0.5) is 10.2 Å². The summed E-state index contributed by atoms with van der Waals surface area (Å²) >= 11 is 5.27. The lowest BCUT2D eigenvalue weighted by Gasteiger charge is -2.34. The minimum Gasteiger partial charge on any atom is -0.394 e. The molecule has 2 saturated heterocycles. The average molecular weight is 599 g/mol. The van der Waals surface area contributed by atoms with E-state index in [1.807, 2.05) is 0 Å². The van der Waals surface area contributed by atoms with Crippen LogP contribution in [-0.4, -0.2) is 93.3 Å². The zero-order valence-electron chi connectivity index (χ0n) is 20.6. The van der Waals surface area contributed by atoms with Gasteiger partial charge < -0.3 is 34.8 Å². The van der Waals surface area contributed by atoms with Gasteiger partial charge in [0.2, 0.25) is 11.6 Å². The number of ether oxygens (including phenoxy) is 2. The number of imidazole rings is 2. The summed E-state index contributed by atoms with van der Waals surface area (Å²) < 4.78 is 42.4. The van der Waals surface area contributed by atoms with Gasteiger partial charge in [-0.25, -0.2) is 24.3 Å². The van der Waals surface area contributed by atoms with E-state index in [-0.39, 0.29) is 48.0 Å². The number of alkyl halides is 1. The van der Waals surface area contributed by atoms with Crippen LogP contribution >= 0.6 is 6.72 Å². The van der Waals surface area contributed by atoms with Gasteiger partial charge in [0, 0.05) is 31.1 Å². The van der Waals surface area contributed by atoms with Crippen molar-refractivity contribution >= 4 is 41.3 Å². The fourth-order valence-electron chi connectivity index (χ4n) is 4.93. The van der Waals surface area contributed by atoms with Crippen LogP contribution in [0, 0.1) is 0 Å². The minimum atomic E-state index is -4.14. The highest BCUT2D eigenvalue weighted by Gasteiger charge is 2.53. The van der Waals surface area contributed by atoms with Crippen molar-refractivity contribution in [3.05, 3.63) is 47.7 Å². The molecule has 40 heavy (non-hydrogen) atoms. The SMILES string of the molecule is Nc1ncnc2c1ncn2[C@]1(F)CO[C@H](COP(O)(=S)O[C@@]2(n3ccc(=O)n4ccnc34)CO[C@H](CO)C2)[C@H]1O. The first-order valence-electron chi connectivity index (χ1n) is 12.0. The number of fused-ring (bicyclic) bond motifs is 2. The molecular formula is C21H24FN8O8PS. The molecule has 4 aromatic heterocycles. The zero-order valence-corrected chi connectivity index (χ0v) is 22.3. The number of anilines is 1. The summed E-state index contributed by atoms with van der Waals surface area (Å²) in [5.74, 6) is -2.26. The molecule has 0 amide bonds. The Kier molecular flexibility index (Phi) is 6.72. The van der Waals surface area contributed by atoms with Crippen LogP contribution in [0.2, 0.25) is 0 Å². The maximum Gasteiger partial charge on any atom is 0.326 e. The third-order valence-electron chi connectivity index (χ3n) is 6.93. The number of nitrogen functional groups attached to an aromatic ring is 1. The number of aromatic nitrogens is 7. The second kappa shape index (κ2) is 9.86. The van der Waals surface area contributed by atoms with Crippen LogP contribution in [0.15, 0.2) is 42.1 Å². The van der Waals surface area contributed by atoms with E-state index in [0.717, 1.165) is 17.2 Å². The Balaban J connectivity index is 1.22. The lowest BCUT2D eigenvalue weighted by Crippen LogP contribution is -2.43. The molecule has 5 N–H and O–H groups in total. The molecule has 2 fully saturated rings. The van der Waals surface area contributed by atoms with Crippen LogP contribution < -0.4 is 11.3 Å². The van der Waals surface area contributed by atoms with Gasteiger partial charge in [-0.3, -0.25) is 22.9 Å². The van der Waals surface area contributed by atoms with Gasteiger partial charge in [0.1, 0.15) is 30.7 Å². The number of nitrogens with two attached hydrogens (primary N) is 1. The van der Waals surface area contributed by atoms with Crippen LogP contribution in [-0.2, 0) is 41.8 Å². The molecule has 0 spiro atoms. The third kappa shape index (κ3) is 4.41. The van der Waals surface area contributed by atoms with Gasteiger partial charge in [0.15, 0.2) is 17.2 Å². The summed E-state index contributed by atoms with van der Waals surface area (Å²) in [6.07, 6.45) is 2.89. The van der Waals surface area contributed by atoms with E-state index in [2.05, 4.69) is 19.9 Å². The first-order valence-corrected chi connectivity index (χ1v) is 14.5. The van der Waals surface area contributed by atoms with E-state index in [9.17, 15) is 19.9 Å². The maximum atomic E-state index is 16.0. The zero-order chi connectivity index (χ0) is 28.3. The number of hydrogen-bond acceptors (Lipinski definition) is 13. The number of nitrogens with zero attached hydrogens (tertiary/aromatic N) is 7. The van der Waals surface area contributed by atoms with Gasteiger partial charge in [-0.2, -0.15) is 0 Å². The number of aliphatic hydroxyl groups excluding tert-OH is 2. The lowest BCUT2D eigenvalue weighted by molar-refractivity contribution is -0.0547. The number of aliphatic hydroxyl groups is 2. The Morgan fingerprint density at radius 1 is 1.23 bits per heavy atom. The monoisotopic (exact) mass is 598 g/mol. The molecule has 6 heterocycles. The standard InChI is InChI=1S/C21H24FN8O8PS/c22-21(30-11-27-15-17(23)25-10-26-18(15)30)9-36-13(16(21)33)7-37-39(34,40)38-20(5-12(6-31)35-8-20)29-3-1-14(32)28-4-2-24-19(28)29/h1-4,10-13,16,31,33H,5-9H2,(H,34,40)(H2,23,25,26)/t12-,13+,16+,20+,21+,39?/m0/s1. The molecule has 6 rings (SSSR count). The number of hydrogen-bond donors (Lipinski definition) is 4. The molecular weight excluding hydrogens is 574 g/mol. The summed E-state index contributed by atoms with van der Waals surface area (Å²) in [6.45, 7) is -5.77. The molecule has 214 valence electrons. The van der Waals surface area contributed by atoms with Crippen LogP contribution in [0.3, 0.4) is 0 Å². The average Bonchev–Trinajstić information content (AvgIpc) is 3.71. The molecule has 0 radical (unpaired) electrons. The maximum absolute atomic E-state index is 16.0. The molecule has 2 aliphatic heterocycles. The fraction of sp³-hybridized carbons (Fsp3) is 0.476. The van der Waals surface area contributed by atoms with Crippen molar-refractivity contribution < 1.29 is 38.0 Å². The summed E-state index contributed by atoms with van der Waals surface area (Å²) in [5.41, 5.74) is 4.14. The van der Waals surface area contributed by atoms with E-state index in [1.54, 1.807) is 0 Å². The minimum absolute atomic E-state index is 0.0338. The summed E-state index contributed by atoms with van der Waals surface area (Å²) in [7, 11) is 0. The molecule has 1 unspecified atom stereocenters. The summed E-state index contributed by atoms with van der Waals surface area (Å²) in [4.78, 5) is 39.4. The Labute approximate surface area is 229 Å². The first-order chi connectivity index (χ1) is 19.1. The van der Waals surface area contributed by atoms with Gasteiger partial charge in [-0.05, 0) is 11.8 Å². The smallest absolute Gasteiger partial charge is 0.326 e. The lowest BCUT2D eigenvalue weighted by atomic mass is 10.1. The van der Waals surface area contributed by atoms with Crippen molar-refractivity contribution in [1.82, 2.24) is 33.5 Å². The largest absolute Gasteiger partial charge is 0.394 e. The van der Waals surface area contributed by atoms with Crippen molar-refractivity contribution in [2.45, 2.75) is 36.3 Å². The second-order valence-corrected chi connectivity index (χ2v) is 12.2. The summed E-state index contributed by atoms with van der Waals surface area (Å²) in [6, 6.07) is 1.27. The van der Waals surface area contributed by atoms with E-state index < -0.39 is 49.8 Å². The van der Waals surface area contributed by atoms with Crippen molar-refractivity contribution in [1.29, 1.82) is 0 Å². The predicted octanol–water partition coefficient (Wildman–Crippen LogP) is -1.02. The van der Waals surface area contributed by atoms with Crippen LogP contribution in [0.1, 0.15) is 6.42 Å². The van der Waals surface area contributed by atoms with Crippen LogP contribution in [0.5, 0.6) is 0 Å². The van der Waals surface area contributed by atoms with E-state index in [0.29, 0.717) is 0 Å². The molecule has 19 heteroatoms. The Morgan fingerprint density at radius 3 is 2.83 bits per heavy atom. The second-order valence-electron chi connectivity index (χ2n) is 9.40. The van der Waals surface area contributed by atoms with Crippen molar-refractivity contribution in [2.75, 3.05) is 32.2 Å². The van der Waals surface area contributed by atoms with Crippen molar-refractivity contribution in [2.24, 2.45) is 0 Å². The fourth-order valence-corrected chi connectivity index (χ4v) is 6.57. The van der Waals surface area contributed by atoms with E-state index in [1.165, 1.54) is 33.6 Å². The predicted molar refractivity (Wildman–Crippen MR) is 137 cm³/mol. The highest BCUT2D eigenvalue weighted by molar-refractivity contribution is 8.07. The molecule has 6 atom stereocenters. The van der Waals surface area contributed by atoms with Gasteiger partial charge >= 0.3 is 6.72 Å². The quantitative estimate of drug-likeness (QED) is 0.179. The molecule has 16 nitrogen and oxygen atoms in total. The molecule has 0 bridgehead atoms. The third-order valence-corrected chi connectivity index (χ3v) is 8.51. The highest BCUT2D eigenvalue weighted by atomic mass is 32.5. The van der Waals surface area contributed by atoms with Gasteiger partial charge in [0.25, 0.3) is 5.56 Å².